The van der Waals surface area contributed by atoms with Gasteiger partial charge in [-0.15, -0.1) is 0 Å². The molecular weight excluding hydrogens is 312 g/mol. The smallest absolute Gasteiger partial charge is 0.257 e. The molecule has 2 atom stereocenters. The van der Waals surface area contributed by atoms with E-state index in [9.17, 15) is 4.79 Å². The first kappa shape index (κ1) is 16.8. The zero-order valence-electron chi connectivity index (χ0n) is 15.4. The van der Waals surface area contributed by atoms with Gasteiger partial charge in [-0.1, -0.05) is 0 Å². The summed E-state index contributed by atoms with van der Waals surface area (Å²) in [6.45, 7) is 4.09. The van der Waals surface area contributed by atoms with Crippen LogP contribution in [0.15, 0.2) is 18.3 Å². The molecule has 4 heterocycles. The van der Waals surface area contributed by atoms with E-state index in [1.54, 1.807) is 0 Å². The number of piperidine rings is 1. The molecule has 0 N–H and O–H groups in total. The molecule has 0 bridgehead atoms. The number of rotatable bonds is 3. The standard InChI is InChI=1S/C20H30N4O/c1-22-12-6-9-17(22)18-10-7-15-24(18)20(25)16-8-5-11-21-19(16)23-13-3-2-4-14-23/h5,8,11,17-18H,2-4,6-7,9-10,12-15H2,1H3. The first-order chi connectivity index (χ1) is 12.3. The van der Waals surface area contributed by atoms with Crippen LogP contribution in [0.4, 0.5) is 5.82 Å². The second kappa shape index (κ2) is 7.32. The minimum absolute atomic E-state index is 0.191. The van der Waals surface area contributed by atoms with Gasteiger partial charge < -0.3 is 14.7 Å². The molecule has 3 fully saturated rings. The van der Waals surface area contributed by atoms with Gasteiger partial charge in [0.2, 0.25) is 0 Å². The van der Waals surface area contributed by atoms with Crippen LogP contribution in [0.1, 0.15) is 55.3 Å². The number of carbonyl (C=O) groups is 1. The van der Waals surface area contributed by atoms with Crippen molar-refractivity contribution in [3.8, 4) is 0 Å². The summed E-state index contributed by atoms with van der Waals surface area (Å²) < 4.78 is 0. The van der Waals surface area contributed by atoms with E-state index in [4.69, 9.17) is 0 Å². The Morgan fingerprint density at radius 2 is 1.76 bits per heavy atom. The normalized spacial score (nSPS) is 27.9. The molecule has 0 spiro atoms. The maximum atomic E-state index is 13.4. The van der Waals surface area contributed by atoms with Crippen LogP contribution in [-0.2, 0) is 0 Å². The lowest BCUT2D eigenvalue weighted by atomic mass is 10.0. The van der Waals surface area contributed by atoms with Gasteiger partial charge in [-0.2, -0.15) is 0 Å². The van der Waals surface area contributed by atoms with Gasteiger partial charge >= 0.3 is 0 Å². The molecule has 25 heavy (non-hydrogen) atoms. The SMILES string of the molecule is CN1CCCC1C1CCCN1C(=O)c1cccnc1N1CCCCC1. The molecule has 3 aliphatic heterocycles. The Kier molecular flexibility index (Phi) is 4.93. The molecule has 0 aromatic carbocycles. The van der Waals surface area contributed by atoms with E-state index in [1.807, 2.05) is 18.3 Å². The molecule has 1 amide bonds. The number of hydrogen-bond acceptors (Lipinski definition) is 4. The summed E-state index contributed by atoms with van der Waals surface area (Å²) in [5.74, 6) is 1.09. The number of likely N-dealkylation sites (N-methyl/N-ethyl adjacent to an activating group) is 1. The quantitative estimate of drug-likeness (QED) is 0.847. The van der Waals surface area contributed by atoms with Gasteiger partial charge in [0, 0.05) is 37.9 Å². The molecule has 0 radical (unpaired) electrons. The van der Waals surface area contributed by atoms with Crippen molar-refractivity contribution in [3.63, 3.8) is 0 Å². The lowest BCUT2D eigenvalue weighted by Crippen LogP contribution is -2.47. The summed E-state index contributed by atoms with van der Waals surface area (Å²) in [5.41, 5.74) is 0.803. The topological polar surface area (TPSA) is 39.7 Å². The van der Waals surface area contributed by atoms with E-state index in [0.717, 1.165) is 50.4 Å². The summed E-state index contributed by atoms with van der Waals surface area (Å²) in [7, 11) is 2.21. The van der Waals surface area contributed by atoms with Crippen LogP contribution in [0.25, 0.3) is 0 Å². The molecular formula is C20H30N4O. The third-order valence-electron chi connectivity index (χ3n) is 6.25. The molecule has 136 valence electrons. The van der Waals surface area contributed by atoms with Crippen LogP contribution in [-0.4, -0.2) is 66.0 Å². The van der Waals surface area contributed by atoms with Crippen molar-refractivity contribution in [2.45, 2.75) is 57.0 Å². The predicted molar refractivity (Wildman–Crippen MR) is 100 cm³/mol. The highest BCUT2D eigenvalue weighted by Gasteiger charge is 2.39. The fourth-order valence-corrected chi connectivity index (χ4v) is 4.94. The van der Waals surface area contributed by atoms with Gasteiger partial charge in [-0.3, -0.25) is 4.79 Å². The number of anilines is 1. The Labute approximate surface area is 151 Å². The number of pyridine rings is 1. The number of likely N-dealkylation sites (tertiary alicyclic amines) is 2. The lowest BCUT2D eigenvalue weighted by molar-refractivity contribution is 0.0664. The molecule has 3 saturated heterocycles. The Hall–Kier alpha value is -1.62. The van der Waals surface area contributed by atoms with Gasteiger partial charge in [0.15, 0.2) is 0 Å². The van der Waals surface area contributed by atoms with Crippen molar-refractivity contribution >= 4 is 11.7 Å². The second-order valence-electron chi connectivity index (χ2n) is 7.82. The summed E-state index contributed by atoms with van der Waals surface area (Å²) in [5, 5.41) is 0. The summed E-state index contributed by atoms with van der Waals surface area (Å²) in [6, 6.07) is 4.79. The molecule has 1 aromatic heterocycles. The monoisotopic (exact) mass is 342 g/mol. The largest absolute Gasteiger partial charge is 0.356 e. The van der Waals surface area contributed by atoms with Crippen molar-refractivity contribution in [2.24, 2.45) is 0 Å². The van der Waals surface area contributed by atoms with Crippen LogP contribution in [0.2, 0.25) is 0 Å². The highest BCUT2D eigenvalue weighted by molar-refractivity contribution is 5.99. The molecule has 0 aliphatic carbocycles. The minimum atomic E-state index is 0.191. The zero-order valence-corrected chi connectivity index (χ0v) is 15.4. The Bertz CT molecular complexity index is 613. The van der Waals surface area contributed by atoms with Gasteiger partial charge in [0.05, 0.1) is 5.56 Å². The van der Waals surface area contributed by atoms with E-state index in [0.29, 0.717) is 12.1 Å². The molecule has 5 heteroatoms. The van der Waals surface area contributed by atoms with E-state index < -0.39 is 0 Å². The third-order valence-corrected chi connectivity index (χ3v) is 6.25. The van der Waals surface area contributed by atoms with E-state index in [2.05, 4.69) is 26.7 Å². The van der Waals surface area contributed by atoms with Crippen LogP contribution < -0.4 is 4.90 Å². The Morgan fingerprint density at radius 1 is 1.00 bits per heavy atom. The lowest BCUT2D eigenvalue weighted by Gasteiger charge is -2.34. The molecule has 2 unspecified atom stereocenters. The predicted octanol–water partition coefficient (Wildman–Crippen LogP) is 2.77. The maximum Gasteiger partial charge on any atom is 0.257 e. The number of hydrogen-bond donors (Lipinski definition) is 0. The molecule has 1 aromatic rings. The first-order valence-corrected chi connectivity index (χ1v) is 9.97. The maximum absolute atomic E-state index is 13.4. The first-order valence-electron chi connectivity index (χ1n) is 9.97. The molecule has 0 saturated carbocycles. The van der Waals surface area contributed by atoms with Crippen molar-refractivity contribution in [1.82, 2.24) is 14.8 Å². The fraction of sp³-hybridized carbons (Fsp3) is 0.700. The zero-order chi connectivity index (χ0) is 17.2. The highest BCUT2D eigenvalue weighted by atomic mass is 16.2. The van der Waals surface area contributed by atoms with E-state index >= 15 is 0 Å². The average molecular weight is 342 g/mol. The van der Waals surface area contributed by atoms with Gasteiger partial charge in [-0.25, -0.2) is 4.98 Å². The Morgan fingerprint density at radius 3 is 2.52 bits per heavy atom. The van der Waals surface area contributed by atoms with Crippen molar-refractivity contribution in [2.75, 3.05) is 38.1 Å². The number of nitrogens with zero attached hydrogens (tertiary/aromatic N) is 4. The molecule has 3 aliphatic rings. The third kappa shape index (κ3) is 3.26. The van der Waals surface area contributed by atoms with Crippen LogP contribution >= 0.6 is 0 Å². The summed E-state index contributed by atoms with van der Waals surface area (Å²) >= 11 is 0. The summed E-state index contributed by atoms with van der Waals surface area (Å²) in [6.07, 6.45) is 10.2. The van der Waals surface area contributed by atoms with Crippen molar-refractivity contribution < 1.29 is 4.79 Å². The van der Waals surface area contributed by atoms with Crippen molar-refractivity contribution in [1.29, 1.82) is 0 Å². The Balaban J connectivity index is 1.58. The van der Waals surface area contributed by atoms with Gasteiger partial charge in [-0.05, 0) is 70.7 Å². The molecule has 4 rings (SSSR count). The van der Waals surface area contributed by atoms with E-state index in [1.165, 1.54) is 32.1 Å². The number of amides is 1. The van der Waals surface area contributed by atoms with Gasteiger partial charge in [0.1, 0.15) is 5.82 Å². The minimum Gasteiger partial charge on any atom is -0.356 e. The van der Waals surface area contributed by atoms with Crippen LogP contribution in [0.5, 0.6) is 0 Å². The fourth-order valence-electron chi connectivity index (χ4n) is 4.94. The number of aromatic nitrogens is 1. The molecule has 5 nitrogen and oxygen atoms in total. The second-order valence-corrected chi connectivity index (χ2v) is 7.82. The van der Waals surface area contributed by atoms with Crippen molar-refractivity contribution in [3.05, 3.63) is 23.9 Å². The van der Waals surface area contributed by atoms with Crippen LogP contribution in [0.3, 0.4) is 0 Å². The highest BCUT2D eigenvalue weighted by Crippen LogP contribution is 2.32. The van der Waals surface area contributed by atoms with Gasteiger partial charge in [0.25, 0.3) is 5.91 Å². The number of carbonyl (C=O) groups excluding carboxylic acids is 1. The van der Waals surface area contributed by atoms with Crippen LogP contribution in [0, 0.1) is 0 Å². The summed E-state index contributed by atoms with van der Waals surface area (Å²) in [4.78, 5) is 24.9. The van der Waals surface area contributed by atoms with E-state index in [-0.39, 0.29) is 5.91 Å². The average Bonchev–Trinajstić information content (AvgIpc) is 3.30.